The van der Waals surface area contributed by atoms with Crippen LogP contribution in [0.2, 0.25) is 0 Å². The molecule has 0 fully saturated rings. The molecule has 0 aliphatic heterocycles. The Labute approximate surface area is 117 Å². The Kier molecular flexibility index (Phi) is 4.27. The number of carbonyl (C=O) groups is 1. The topological polar surface area (TPSA) is 70.4 Å². The Morgan fingerprint density at radius 3 is 2.55 bits per heavy atom. The lowest BCUT2D eigenvalue weighted by atomic mass is 10.0. The number of aliphatic hydroxyl groups is 1. The molecule has 1 atom stereocenters. The van der Waals surface area contributed by atoms with Crippen molar-refractivity contribution in [2.45, 2.75) is 13.0 Å². The maximum Gasteiger partial charge on any atom is 0.328 e. The van der Waals surface area contributed by atoms with Gasteiger partial charge in [-0.15, -0.1) is 0 Å². The Bertz CT molecular complexity index is 632. The third kappa shape index (κ3) is 3.52. The van der Waals surface area contributed by atoms with Gasteiger partial charge in [-0.05, 0) is 30.7 Å². The van der Waals surface area contributed by atoms with E-state index in [0.717, 1.165) is 17.2 Å². The molecule has 20 heavy (non-hydrogen) atoms. The number of aromatic nitrogens is 1. The van der Waals surface area contributed by atoms with Crippen molar-refractivity contribution in [2.75, 3.05) is 0 Å². The average Bonchev–Trinajstić information content (AvgIpc) is 2.45. The van der Waals surface area contributed by atoms with E-state index in [1.807, 2.05) is 31.2 Å². The number of carboxylic acids is 1. The summed E-state index contributed by atoms with van der Waals surface area (Å²) in [6.07, 6.45) is 1.59. The van der Waals surface area contributed by atoms with Crippen LogP contribution >= 0.6 is 0 Å². The molecular weight excluding hydrogens is 254 g/mol. The fourth-order valence-electron chi connectivity index (χ4n) is 1.79. The van der Waals surface area contributed by atoms with Gasteiger partial charge in [-0.1, -0.05) is 35.9 Å². The SMILES string of the molecule is Cc1ccc(C(O)c2cccc(/C=C/C(=O)O)n2)cc1. The molecule has 2 N–H and O–H groups in total. The molecule has 4 heteroatoms. The highest BCUT2D eigenvalue weighted by Crippen LogP contribution is 2.20. The summed E-state index contributed by atoms with van der Waals surface area (Å²) in [5.41, 5.74) is 2.85. The number of benzene rings is 1. The number of aliphatic hydroxyl groups excluding tert-OH is 1. The van der Waals surface area contributed by atoms with Gasteiger partial charge in [0, 0.05) is 6.08 Å². The lowest BCUT2D eigenvalue weighted by Gasteiger charge is -2.11. The Morgan fingerprint density at radius 2 is 1.90 bits per heavy atom. The number of nitrogens with zero attached hydrogens (tertiary/aromatic N) is 1. The van der Waals surface area contributed by atoms with Crippen molar-refractivity contribution in [1.29, 1.82) is 0 Å². The van der Waals surface area contributed by atoms with Crippen LogP contribution in [-0.2, 0) is 4.79 Å². The van der Waals surface area contributed by atoms with Gasteiger partial charge in [-0.2, -0.15) is 0 Å². The quantitative estimate of drug-likeness (QED) is 0.837. The van der Waals surface area contributed by atoms with Crippen LogP contribution in [0.15, 0.2) is 48.5 Å². The van der Waals surface area contributed by atoms with Gasteiger partial charge in [0.05, 0.1) is 11.4 Å². The van der Waals surface area contributed by atoms with Crippen molar-refractivity contribution in [3.8, 4) is 0 Å². The van der Waals surface area contributed by atoms with Gasteiger partial charge in [0.2, 0.25) is 0 Å². The van der Waals surface area contributed by atoms with Crippen LogP contribution in [0, 0.1) is 6.92 Å². The Morgan fingerprint density at radius 1 is 1.20 bits per heavy atom. The molecule has 0 saturated carbocycles. The largest absolute Gasteiger partial charge is 0.478 e. The fourth-order valence-corrected chi connectivity index (χ4v) is 1.79. The normalized spacial score (nSPS) is 12.5. The van der Waals surface area contributed by atoms with E-state index in [1.54, 1.807) is 18.2 Å². The molecule has 1 heterocycles. The molecular formula is C16H15NO3. The number of pyridine rings is 1. The van der Waals surface area contributed by atoms with Gasteiger partial charge in [0.1, 0.15) is 6.10 Å². The number of carboxylic acid groups (broad SMARTS) is 1. The molecule has 1 unspecified atom stereocenters. The third-order valence-electron chi connectivity index (χ3n) is 2.86. The first-order chi connectivity index (χ1) is 9.56. The minimum atomic E-state index is -1.03. The van der Waals surface area contributed by atoms with Crippen LogP contribution in [0.5, 0.6) is 0 Å². The van der Waals surface area contributed by atoms with E-state index in [4.69, 9.17) is 5.11 Å². The van der Waals surface area contributed by atoms with Gasteiger partial charge in [0.25, 0.3) is 0 Å². The summed E-state index contributed by atoms with van der Waals surface area (Å²) in [6.45, 7) is 1.98. The Balaban J connectivity index is 2.26. The number of aryl methyl sites for hydroxylation is 1. The second kappa shape index (κ2) is 6.12. The van der Waals surface area contributed by atoms with Crippen LogP contribution in [0.1, 0.15) is 28.6 Å². The zero-order chi connectivity index (χ0) is 14.5. The van der Waals surface area contributed by atoms with E-state index in [-0.39, 0.29) is 0 Å². The first-order valence-electron chi connectivity index (χ1n) is 6.19. The highest BCUT2D eigenvalue weighted by atomic mass is 16.4. The number of hydrogen-bond donors (Lipinski definition) is 2. The van der Waals surface area contributed by atoms with E-state index >= 15 is 0 Å². The van der Waals surface area contributed by atoms with E-state index in [9.17, 15) is 9.90 Å². The number of aliphatic carboxylic acids is 1. The van der Waals surface area contributed by atoms with Gasteiger partial charge in [0.15, 0.2) is 0 Å². The summed E-state index contributed by atoms with van der Waals surface area (Å²) < 4.78 is 0. The van der Waals surface area contributed by atoms with Gasteiger partial charge in [-0.3, -0.25) is 4.98 Å². The maximum absolute atomic E-state index is 10.5. The van der Waals surface area contributed by atoms with E-state index < -0.39 is 12.1 Å². The highest BCUT2D eigenvalue weighted by molar-refractivity contribution is 5.84. The summed E-state index contributed by atoms with van der Waals surface area (Å²) >= 11 is 0. The first-order valence-corrected chi connectivity index (χ1v) is 6.19. The van der Waals surface area contributed by atoms with Crippen molar-refractivity contribution >= 4 is 12.0 Å². The summed E-state index contributed by atoms with van der Waals surface area (Å²) in [7, 11) is 0. The number of rotatable bonds is 4. The predicted molar refractivity (Wildman–Crippen MR) is 76.1 cm³/mol. The van der Waals surface area contributed by atoms with E-state index in [0.29, 0.717) is 11.4 Å². The molecule has 0 amide bonds. The molecule has 1 aromatic heterocycles. The molecule has 0 aliphatic carbocycles. The van der Waals surface area contributed by atoms with Gasteiger partial charge < -0.3 is 10.2 Å². The van der Waals surface area contributed by atoms with E-state index in [2.05, 4.69) is 4.98 Å². The van der Waals surface area contributed by atoms with Crippen molar-refractivity contribution in [2.24, 2.45) is 0 Å². The van der Waals surface area contributed by atoms with Crippen molar-refractivity contribution in [1.82, 2.24) is 4.98 Å². The molecule has 102 valence electrons. The molecule has 1 aromatic carbocycles. The smallest absolute Gasteiger partial charge is 0.328 e. The highest BCUT2D eigenvalue weighted by Gasteiger charge is 2.11. The van der Waals surface area contributed by atoms with Gasteiger partial charge >= 0.3 is 5.97 Å². The number of hydrogen-bond acceptors (Lipinski definition) is 3. The summed E-state index contributed by atoms with van der Waals surface area (Å²) in [5.74, 6) is -1.03. The van der Waals surface area contributed by atoms with Crippen LogP contribution in [0.25, 0.3) is 6.08 Å². The standard InChI is InChI=1S/C16H15NO3/c1-11-5-7-12(8-6-11)16(20)14-4-2-3-13(17-14)9-10-15(18)19/h2-10,16,20H,1H3,(H,18,19)/b10-9+. The molecule has 0 saturated heterocycles. The molecule has 0 radical (unpaired) electrons. The molecule has 0 aliphatic rings. The second-order valence-corrected chi connectivity index (χ2v) is 4.47. The molecule has 2 aromatic rings. The van der Waals surface area contributed by atoms with Crippen molar-refractivity contribution in [3.05, 3.63) is 71.1 Å². The predicted octanol–water partition coefficient (Wildman–Crippen LogP) is 2.57. The van der Waals surface area contributed by atoms with E-state index in [1.165, 1.54) is 6.08 Å². The zero-order valence-electron chi connectivity index (χ0n) is 11.0. The van der Waals surface area contributed by atoms with Crippen molar-refractivity contribution < 1.29 is 15.0 Å². The summed E-state index contributed by atoms with van der Waals surface area (Å²) in [4.78, 5) is 14.7. The molecule has 0 spiro atoms. The van der Waals surface area contributed by atoms with Crippen molar-refractivity contribution in [3.63, 3.8) is 0 Å². The minimum Gasteiger partial charge on any atom is -0.478 e. The fraction of sp³-hybridized carbons (Fsp3) is 0.125. The van der Waals surface area contributed by atoms with Crippen LogP contribution in [0.3, 0.4) is 0 Å². The minimum absolute atomic E-state index is 0.487. The monoisotopic (exact) mass is 269 g/mol. The van der Waals surface area contributed by atoms with Crippen LogP contribution in [-0.4, -0.2) is 21.2 Å². The third-order valence-corrected chi connectivity index (χ3v) is 2.86. The van der Waals surface area contributed by atoms with Gasteiger partial charge in [-0.25, -0.2) is 4.79 Å². The summed E-state index contributed by atoms with van der Waals surface area (Å²) in [6, 6.07) is 12.7. The lowest BCUT2D eigenvalue weighted by Crippen LogP contribution is -2.03. The molecule has 2 rings (SSSR count). The molecule has 4 nitrogen and oxygen atoms in total. The zero-order valence-corrected chi connectivity index (χ0v) is 11.0. The first kappa shape index (κ1) is 14.0. The Hall–Kier alpha value is -2.46. The lowest BCUT2D eigenvalue weighted by molar-refractivity contribution is -0.131. The van der Waals surface area contributed by atoms with Crippen LogP contribution < -0.4 is 0 Å². The summed E-state index contributed by atoms with van der Waals surface area (Å²) in [5, 5.41) is 18.9. The van der Waals surface area contributed by atoms with Crippen LogP contribution in [0.4, 0.5) is 0 Å². The maximum atomic E-state index is 10.5. The average molecular weight is 269 g/mol. The molecule has 0 bridgehead atoms. The second-order valence-electron chi connectivity index (χ2n) is 4.47.